The highest BCUT2D eigenvalue weighted by atomic mass is 35.5. The smallest absolute Gasteiger partial charge is 0.260 e. The molecular formula is C23H26ClN3O3. The fourth-order valence-electron chi connectivity index (χ4n) is 3.91. The molecule has 1 fully saturated rings. The zero-order chi connectivity index (χ0) is 20.9. The molecule has 0 bridgehead atoms. The van der Waals surface area contributed by atoms with Gasteiger partial charge in [0.15, 0.2) is 6.61 Å². The van der Waals surface area contributed by atoms with Crippen molar-refractivity contribution < 1.29 is 14.3 Å². The quantitative estimate of drug-likeness (QED) is 0.795. The third kappa shape index (κ3) is 5.32. The van der Waals surface area contributed by atoms with E-state index in [1.54, 1.807) is 6.07 Å². The fraction of sp³-hybridized carbons (Fsp3) is 0.391. The van der Waals surface area contributed by atoms with Crippen LogP contribution in [0.5, 0.6) is 5.75 Å². The van der Waals surface area contributed by atoms with Gasteiger partial charge in [0, 0.05) is 49.9 Å². The highest BCUT2D eigenvalue weighted by molar-refractivity contribution is 6.30. The van der Waals surface area contributed by atoms with E-state index in [1.807, 2.05) is 41.3 Å². The van der Waals surface area contributed by atoms with Crippen molar-refractivity contribution in [2.75, 3.05) is 38.1 Å². The third-order valence-electron chi connectivity index (χ3n) is 5.60. The molecule has 7 heteroatoms. The van der Waals surface area contributed by atoms with E-state index in [2.05, 4.69) is 10.2 Å². The summed E-state index contributed by atoms with van der Waals surface area (Å²) < 4.78 is 5.76. The van der Waals surface area contributed by atoms with Gasteiger partial charge in [-0.25, -0.2) is 0 Å². The second-order valence-electron chi connectivity index (χ2n) is 7.79. The molecule has 0 unspecified atom stereocenters. The maximum absolute atomic E-state index is 12.7. The molecule has 2 aromatic rings. The minimum Gasteiger partial charge on any atom is -0.484 e. The maximum atomic E-state index is 12.7. The number of ether oxygens (including phenoxy) is 1. The second kappa shape index (κ2) is 9.49. The van der Waals surface area contributed by atoms with Crippen LogP contribution in [0, 0.1) is 0 Å². The van der Waals surface area contributed by atoms with Crippen LogP contribution in [-0.4, -0.2) is 54.4 Å². The molecule has 2 aromatic carbocycles. The van der Waals surface area contributed by atoms with Crippen LogP contribution in [0.4, 0.5) is 5.69 Å². The third-order valence-corrected chi connectivity index (χ3v) is 5.85. The van der Waals surface area contributed by atoms with Gasteiger partial charge in [-0.3, -0.25) is 14.5 Å². The number of nitrogens with one attached hydrogen (secondary N) is 1. The van der Waals surface area contributed by atoms with Crippen molar-refractivity contribution in [3.63, 3.8) is 0 Å². The molecular weight excluding hydrogens is 402 g/mol. The van der Waals surface area contributed by atoms with Crippen LogP contribution in [-0.2, 0) is 22.6 Å². The summed E-state index contributed by atoms with van der Waals surface area (Å²) in [6, 6.07) is 13.5. The van der Waals surface area contributed by atoms with Gasteiger partial charge in [0.2, 0.25) is 5.91 Å². The number of carbonyl (C=O) groups is 2. The number of benzene rings is 2. The summed E-state index contributed by atoms with van der Waals surface area (Å²) >= 11 is 5.96. The largest absolute Gasteiger partial charge is 0.484 e. The van der Waals surface area contributed by atoms with Crippen molar-refractivity contribution in [2.24, 2.45) is 0 Å². The van der Waals surface area contributed by atoms with Gasteiger partial charge in [0.1, 0.15) is 5.75 Å². The normalized spacial score (nSPS) is 17.1. The number of nitrogens with zero attached hydrogens (tertiary/aromatic N) is 2. The summed E-state index contributed by atoms with van der Waals surface area (Å²) in [5, 5.41) is 3.60. The van der Waals surface area contributed by atoms with E-state index in [0.717, 1.165) is 48.9 Å². The standard InChI is InChI=1S/C23H26ClN3O3/c24-19-5-2-17(3-6-19)15-26-10-1-11-27(13-12-26)23(29)16-30-20-7-8-21-18(14-20)4-9-22(28)25-21/h2-3,5-8,14H,1,4,9-13,15-16H2,(H,25,28). The summed E-state index contributed by atoms with van der Waals surface area (Å²) in [4.78, 5) is 28.4. The van der Waals surface area contributed by atoms with Crippen LogP contribution >= 0.6 is 11.6 Å². The topological polar surface area (TPSA) is 61.9 Å². The summed E-state index contributed by atoms with van der Waals surface area (Å²) in [5.74, 6) is 0.712. The van der Waals surface area contributed by atoms with Crippen LogP contribution in [0.3, 0.4) is 0 Å². The van der Waals surface area contributed by atoms with Gasteiger partial charge in [-0.15, -0.1) is 0 Å². The fourth-order valence-corrected chi connectivity index (χ4v) is 4.04. The molecule has 0 spiro atoms. The molecule has 2 aliphatic heterocycles. The molecule has 0 radical (unpaired) electrons. The molecule has 2 amide bonds. The molecule has 0 aliphatic carbocycles. The van der Waals surface area contributed by atoms with Gasteiger partial charge in [-0.1, -0.05) is 23.7 Å². The summed E-state index contributed by atoms with van der Waals surface area (Å²) in [7, 11) is 0. The van der Waals surface area contributed by atoms with Crippen molar-refractivity contribution in [2.45, 2.75) is 25.8 Å². The highest BCUT2D eigenvalue weighted by Gasteiger charge is 2.20. The first-order chi connectivity index (χ1) is 14.6. The average Bonchev–Trinajstić information content (AvgIpc) is 2.99. The molecule has 1 N–H and O–H groups in total. The van der Waals surface area contributed by atoms with E-state index in [1.165, 1.54) is 5.56 Å². The molecule has 2 heterocycles. The van der Waals surface area contributed by atoms with Crippen LogP contribution in [0.1, 0.15) is 24.0 Å². The van der Waals surface area contributed by atoms with E-state index in [4.69, 9.17) is 16.3 Å². The lowest BCUT2D eigenvalue weighted by molar-refractivity contribution is -0.133. The number of halogens is 1. The minimum atomic E-state index is 0.00867. The van der Waals surface area contributed by atoms with Crippen molar-refractivity contribution in [1.82, 2.24) is 9.80 Å². The molecule has 4 rings (SSSR count). The predicted octanol–water partition coefficient (Wildman–Crippen LogP) is 3.34. The lowest BCUT2D eigenvalue weighted by atomic mass is 10.0. The van der Waals surface area contributed by atoms with E-state index >= 15 is 0 Å². The second-order valence-corrected chi connectivity index (χ2v) is 8.23. The number of aryl methyl sites for hydroxylation is 1. The molecule has 6 nitrogen and oxygen atoms in total. The Kier molecular flexibility index (Phi) is 6.55. The predicted molar refractivity (Wildman–Crippen MR) is 117 cm³/mol. The van der Waals surface area contributed by atoms with Gasteiger partial charge < -0.3 is 15.0 Å². The first-order valence-electron chi connectivity index (χ1n) is 10.4. The molecule has 158 valence electrons. The molecule has 0 aromatic heterocycles. The number of fused-ring (bicyclic) bond motifs is 1. The molecule has 1 saturated heterocycles. The SMILES string of the molecule is O=C1CCc2cc(OCC(=O)N3CCCN(Cc4ccc(Cl)cc4)CC3)ccc2N1. The van der Waals surface area contributed by atoms with Gasteiger partial charge in [-0.2, -0.15) is 0 Å². The van der Waals surface area contributed by atoms with Gasteiger partial charge in [0.25, 0.3) is 5.91 Å². The van der Waals surface area contributed by atoms with Crippen LogP contribution in [0.15, 0.2) is 42.5 Å². The Morgan fingerprint density at radius 1 is 1.03 bits per heavy atom. The average molecular weight is 428 g/mol. The Morgan fingerprint density at radius 3 is 2.70 bits per heavy atom. The first-order valence-corrected chi connectivity index (χ1v) is 10.7. The van der Waals surface area contributed by atoms with Crippen molar-refractivity contribution >= 4 is 29.1 Å². The van der Waals surface area contributed by atoms with Crippen molar-refractivity contribution in [3.8, 4) is 5.75 Å². The summed E-state index contributed by atoms with van der Waals surface area (Å²) in [5.41, 5.74) is 3.11. The minimum absolute atomic E-state index is 0.00867. The lowest BCUT2D eigenvalue weighted by Gasteiger charge is -2.22. The van der Waals surface area contributed by atoms with E-state index in [-0.39, 0.29) is 18.4 Å². The molecule has 30 heavy (non-hydrogen) atoms. The molecule has 2 aliphatic rings. The highest BCUT2D eigenvalue weighted by Crippen LogP contribution is 2.26. The van der Waals surface area contributed by atoms with Crippen LogP contribution in [0.25, 0.3) is 0 Å². The van der Waals surface area contributed by atoms with Gasteiger partial charge >= 0.3 is 0 Å². The Balaban J connectivity index is 1.27. The zero-order valence-corrected chi connectivity index (χ0v) is 17.7. The first kappa shape index (κ1) is 20.7. The van der Waals surface area contributed by atoms with Gasteiger partial charge in [-0.05, 0) is 54.3 Å². The number of amides is 2. The number of hydrogen-bond donors (Lipinski definition) is 1. The lowest BCUT2D eigenvalue weighted by Crippen LogP contribution is -2.38. The van der Waals surface area contributed by atoms with E-state index in [9.17, 15) is 9.59 Å². The Labute approximate surface area is 181 Å². The number of anilines is 1. The monoisotopic (exact) mass is 427 g/mol. The Morgan fingerprint density at radius 2 is 1.87 bits per heavy atom. The zero-order valence-electron chi connectivity index (χ0n) is 16.9. The van der Waals surface area contributed by atoms with E-state index in [0.29, 0.717) is 25.1 Å². The Hall–Kier alpha value is -2.57. The maximum Gasteiger partial charge on any atom is 0.260 e. The summed E-state index contributed by atoms with van der Waals surface area (Å²) in [6.45, 7) is 4.14. The number of carbonyl (C=O) groups excluding carboxylic acids is 2. The molecule has 0 atom stereocenters. The Bertz CT molecular complexity index is 916. The molecule has 0 saturated carbocycles. The van der Waals surface area contributed by atoms with Gasteiger partial charge in [0.05, 0.1) is 0 Å². The van der Waals surface area contributed by atoms with Crippen LogP contribution < -0.4 is 10.1 Å². The van der Waals surface area contributed by atoms with Crippen molar-refractivity contribution in [3.05, 3.63) is 58.6 Å². The number of rotatable bonds is 5. The van der Waals surface area contributed by atoms with E-state index < -0.39 is 0 Å². The van der Waals surface area contributed by atoms with Crippen molar-refractivity contribution in [1.29, 1.82) is 0 Å². The number of hydrogen-bond acceptors (Lipinski definition) is 4. The van der Waals surface area contributed by atoms with Crippen LogP contribution in [0.2, 0.25) is 5.02 Å². The summed E-state index contributed by atoms with van der Waals surface area (Å²) in [6.07, 6.45) is 2.12.